The Hall–Kier alpha value is -1.27. The molecule has 1 fully saturated rings. The van der Waals surface area contributed by atoms with Gasteiger partial charge in [-0.3, -0.25) is 9.59 Å². The van der Waals surface area contributed by atoms with E-state index in [1.165, 1.54) is 4.90 Å². The summed E-state index contributed by atoms with van der Waals surface area (Å²) in [6, 6.07) is -0.371. The number of rotatable bonds is 4. The standard InChI is InChI=1S/C11H16F3NO3/c12-11(13,14)7-9(16)15-6-2-1-3-8(15)4-5-10(17)18/h8H,1-7H2,(H,17,18). The van der Waals surface area contributed by atoms with Crippen LogP contribution in [0.1, 0.15) is 38.5 Å². The SMILES string of the molecule is O=C(O)CCC1CCCCN1C(=O)CC(F)(F)F. The van der Waals surface area contributed by atoms with Gasteiger partial charge >= 0.3 is 12.1 Å². The molecule has 0 bridgehead atoms. The maximum Gasteiger partial charge on any atom is 0.397 e. The van der Waals surface area contributed by atoms with E-state index in [4.69, 9.17) is 5.11 Å². The van der Waals surface area contributed by atoms with E-state index < -0.39 is 24.5 Å². The summed E-state index contributed by atoms with van der Waals surface area (Å²) >= 11 is 0. The first-order chi connectivity index (χ1) is 8.29. The van der Waals surface area contributed by atoms with Crippen molar-refractivity contribution in [3.05, 3.63) is 0 Å². The molecule has 7 heteroatoms. The van der Waals surface area contributed by atoms with E-state index in [0.717, 1.165) is 6.42 Å². The number of piperidine rings is 1. The largest absolute Gasteiger partial charge is 0.481 e. The first-order valence-corrected chi connectivity index (χ1v) is 5.87. The summed E-state index contributed by atoms with van der Waals surface area (Å²) in [5.74, 6) is -1.94. The van der Waals surface area contributed by atoms with Crippen molar-refractivity contribution in [2.45, 2.75) is 50.7 Å². The number of amides is 1. The van der Waals surface area contributed by atoms with Crippen molar-refractivity contribution in [1.29, 1.82) is 0 Å². The molecule has 1 amide bonds. The summed E-state index contributed by atoms with van der Waals surface area (Å²) < 4.78 is 36.5. The van der Waals surface area contributed by atoms with Crippen molar-refractivity contribution in [2.24, 2.45) is 0 Å². The van der Waals surface area contributed by atoms with Crippen LogP contribution in [0, 0.1) is 0 Å². The Labute approximate surface area is 103 Å². The molecule has 104 valence electrons. The fourth-order valence-corrected chi connectivity index (χ4v) is 2.19. The van der Waals surface area contributed by atoms with Gasteiger partial charge in [0.05, 0.1) is 0 Å². The third-order valence-corrected chi connectivity index (χ3v) is 2.99. The van der Waals surface area contributed by atoms with E-state index in [1.807, 2.05) is 0 Å². The van der Waals surface area contributed by atoms with Crippen LogP contribution in [0.3, 0.4) is 0 Å². The highest BCUT2D eigenvalue weighted by molar-refractivity contribution is 5.77. The number of carboxylic acid groups (broad SMARTS) is 1. The predicted molar refractivity (Wildman–Crippen MR) is 56.9 cm³/mol. The molecule has 1 unspecified atom stereocenters. The van der Waals surface area contributed by atoms with E-state index >= 15 is 0 Å². The van der Waals surface area contributed by atoms with Gasteiger partial charge < -0.3 is 10.0 Å². The molecule has 1 heterocycles. The molecule has 0 aliphatic carbocycles. The van der Waals surface area contributed by atoms with Gasteiger partial charge in [-0.2, -0.15) is 13.2 Å². The molecule has 1 aliphatic heterocycles. The van der Waals surface area contributed by atoms with E-state index in [1.54, 1.807) is 0 Å². The molecular weight excluding hydrogens is 251 g/mol. The van der Waals surface area contributed by atoms with Crippen LogP contribution in [0.4, 0.5) is 13.2 Å². The van der Waals surface area contributed by atoms with Crippen LogP contribution < -0.4 is 0 Å². The van der Waals surface area contributed by atoms with Crippen LogP contribution in [0.2, 0.25) is 0 Å². The van der Waals surface area contributed by atoms with E-state index in [0.29, 0.717) is 19.4 Å². The number of carbonyl (C=O) groups is 2. The summed E-state index contributed by atoms with van der Waals surface area (Å²) in [4.78, 5) is 23.2. The molecular formula is C11H16F3NO3. The minimum atomic E-state index is -4.51. The Morgan fingerprint density at radius 1 is 1.28 bits per heavy atom. The van der Waals surface area contributed by atoms with Crippen molar-refractivity contribution in [2.75, 3.05) is 6.54 Å². The lowest BCUT2D eigenvalue weighted by molar-refractivity contribution is -0.164. The molecule has 1 aliphatic rings. The highest BCUT2D eigenvalue weighted by Gasteiger charge is 2.36. The average Bonchev–Trinajstić information content (AvgIpc) is 2.24. The third kappa shape index (κ3) is 4.93. The highest BCUT2D eigenvalue weighted by Crippen LogP contribution is 2.26. The minimum absolute atomic E-state index is 0.125. The van der Waals surface area contributed by atoms with E-state index in [9.17, 15) is 22.8 Å². The lowest BCUT2D eigenvalue weighted by Crippen LogP contribution is -2.45. The van der Waals surface area contributed by atoms with Crippen LogP contribution in [0.25, 0.3) is 0 Å². The van der Waals surface area contributed by atoms with Gasteiger partial charge in [0.1, 0.15) is 6.42 Å². The van der Waals surface area contributed by atoms with Gasteiger partial charge in [0.2, 0.25) is 5.91 Å². The molecule has 18 heavy (non-hydrogen) atoms. The van der Waals surface area contributed by atoms with Crippen molar-refractivity contribution in [3.8, 4) is 0 Å². The fourth-order valence-electron chi connectivity index (χ4n) is 2.19. The van der Waals surface area contributed by atoms with Crippen LogP contribution in [0.5, 0.6) is 0 Å². The van der Waals surface area contributed by atoms with Gasteiger partial charge in [-0.25, -0.2) is 0 Å². The number of hydrogen-bond acceptors (Lipinski definition) is 2. The first kappa shape index (κ1) is 14.8. The second kappa shape index (κ2) is 6.06. The second-order valence-corrected chi connectivity index (χ2v) is 4.46. The van der Waals surface area contributed by atoms with Crippen molar-refractivity contribution >= 4 is 11.9 Å². The number of nitrogens with zero attached hydrogens (tertiary/aromatic N) is 1. The minimum Gasteiger partial charge on any atom is -0.481 e. The monoisotopic (exact) mass is 267 g/mol. The smallest absolute Gasteiger partial charge is 0.397 e. The van der Waals surface area contributed by atoms with Crippen LogP contribution in [-0.2, 0) is 9.59 Å². The molecule has 0 saturated carbocycles. The summed E-state index contributed by atoms with van der Waals surface area (Å²) in [6.07, 6.45) is -3.80. The molecule has 0 radical (unpaired) electrons. The maximum atomic E-state index is 12.2. The Morgan fingerprint density at radius 3 is 2.50 bits per heavy atom. The van der Waals surface area contributed by atoms with Gasteiger partial charge in [0.15, 0.2) is 0 Å². The summed E-state index contributed by atoms with van der Waals surface area (Å²) in [5, 5.41) is 8.57. The summed E-state index contributed by atoms with van der Waals surface area (Å²) in [7, 11) is 0. The zero-order valence-corrected chi connectivity index (χ0v) is 9.87. The Kier molecular flexibility index (Phi) is 4.98. The van der Waals surface area contributed by atoms with Crippen LogP contribution in [-0.4, -0.2) is 40.6 Å². The van der Waals surface area contributed by atoms with Crippen LogP contribution in [0.15, 0.2) is 0 Å². The number of alkyl halides is 3. The maximum absolute atomic E-state index is 12.2. The van der Waals surface area contributed by atoms with Crippen molar-refractivity contribution < 1.29 is 27.9 Å². The van der Waals surface area contributed by atoms with Gasteiger partial charge in [-0.05, 0) is 25.7 Å². The van der Waals surface area contributed by atoms with Crippen molar-refractivity contribution in [1.82, 2.24) is 4.90 Å². The molecule has 1 N–H and O–H groups in total. The zero-order valence-electron chi connectivity index (χ0n) is 9.87. The lowest BCUT2D eigenvalue weighted by Gasteiger charge is -2.36. The molecule has 1 rings (SSSR count). The van der Waals surface area contributed by atoms with Gasteiger partial charge in [-0.15, -0.1) is 0 Å². The molecule has 4 nitrogen and oxygen atoms in total. The third-order valence-electron chi connectivity index (χ3n) is 2.99. The molecule has 1 saturated heterocycles. The Morgan fingerprint density at radius 2 is 1.94 bits per heavy atom. The van der Waals surface area contributed by atoms with E-state index in [2.05, 4.69) is 0 Å². The Balaban J connectivity index is 2.58. The second-order valence-electron chi connectivity index (χ2n) is 4.46. The van der Waals surface area contributed by atoms with Crippen LogP contribution >= 0.6 is 0 Å². The summed E-state index contributed by atoms with van der Waals surface area (Å²) in [5.41, 5.74) is 0. The predicted octanol–water partition coefficient (Wildman–Crippen LogP) is 2.18. The summed E-state index contributed by atoms with van der Waals surface area (Å²) in [6.45, 7) is 0.291. The lowest BCUT2D eigenvalue weighted by atomic mass is 9.97. The molecule has 0 aromatic carbocycles. The Bertz CT molecular complexity index is 317. The molecule has 1 atom stereocenters. The van der Waals surface area contributed by atoms with Gasteiger partial charge in [-0.1, -0.05) is 0 Å². The number of likely N-dealkylation sites (tertiary alicyclic amines) is 1. The molecule has 0 aromatic heterocycles. The number of carbonyl (C=O) groups excluding carboxylic acids is 1. The fraction of sp³-hybridized carbons (Fsp3) is 0.818. The number of halogens is 3. The van der Waals surface area contributed by atoms with Gasteiger partial charge in [0, 0.05) is 19.0 Å². The van der Waals surface area contributed by atoms with Gasteiger partial charge in [0.25, 0.3) is 0 Å². The van der Waals surface area contributed by atoms with E-state index in [-0.39, 0.29) is 18.9 Å². The average molecular weight is 267 g/mol. The molecule has 0 spiro atoms. The normalized spacial score (nSPS) is 20.8. The topological polar surface area (TPSA) is 57.6 Å². The molecule has 0 aromatic rings. The zero-order chi connectivity index (χ0) is 13.8. The number of carboxylic acids is 1. The highest BCUT2D eigenvalue weighted by atomic mass is 19.4. The van der Waals surface area contributed by atoms with Crippen molar-refractivity contribution in [3.63, 3.8) is 0 Å². The number of aliphatic carboxylic acids is 1. The number of hydrogen-bond donors (Lipinski definition) is 1. The first-order valence-electron chi connectivity index (χ1n) is 5.87. The quantitative estimate of drug-likeness (QED) is 0.849.